The van der Waals surface area contributed by atoms with Gasteiger partial charge in [0.2, 0.25) is 11.8 Å². The van der Waals surface area contributed by atoms with E-state index in [4.69, 9.17) is 29.7 Å². The third kappa shape index (κ3) is 13.3. The monoisotopic (exact) mass is 1240 g/mol. The number of rotatable bonds is 22. The van der Waals surface area contributed by atoms with E-state index in [1.807, 2.05) is 0 Å². The van der Waals surface area contributed by atoms with Crippen molar-refractivity contribution in [2.45, 2.75) is 110 Å². The zero-order valence-electron chi connectivity index (χ0n) is 46.5. The Kier molecular flexibility index (Phi) is 18.0. The first-order valence-corrected chi connectivity index (χ1v) is 32.1. The Bertz CT molecular complexity index is 4070. The molecular weight excluding hydrogens is 1180 g/mol. The van der Waals surface area contributed by atoms with Gasteiger partial charge < -0.3 is 59.9 Å². The number of hydrogen-bond donors (Lipinski definition) is 8. The fourth-order valence-corrected chi connectivity index (χ4v) is 14.3. The molecule has 10 rings (SSSR count). The molecule has 2 unspecified atom stereocenters. The van der Waals surface area contributed by atoms with E-state index in [9.17, 15) is 53.4 Å². The number of nitro benzene ring substituents is 1. The van der Waals surface area contributed by atoms with Crippen molar-refractivity contribution in [3.8, 4) is 29.2 Å². The van der Waals surface area contributed by atoms with Gasteiger partial charge in [-0.1, -0.05) is 45.1 Å². The number of imidazole rings is 1. The summed E-state index contributed by atoms with van der Waals surface area (Å²) in [5, 5.41) is 38.5. The highest BCUT2D eigenvalue weighted by molar-refractivity contribution is 7.66. The molecule has 1 amide bonds. The number of nitro groups is 1. The number of benzene rings is 4. The lowest BCUT2D eigenvalue weighted by Gasteiger charge is -2.39. The highest BCUT2D eigenvalue weighted by Crippen LogP contribution is 2.66. The molecule has 86 heavy (non-hydrogen) atoms. The van der Waals surface area contributed by atoms with E-state index in [-0.39, 0.29) is 63.9 Å². The van der Waals surface area contributed by atoms with Gasteiger partial charge in [-0.2, -0.15) is 18.6 Å². The molecule has 0 spiro atoms. The summed E-state index contributed by atoms with van der Waals surface area (Å²) in [6.45, 7) is 9.21. The molecule has 30 heteroatoms. The Morgan fingerprint density at radius 3 is 2.43 bits per heavy atom. The highest BCUT2D eigenvalue weighted by atomic mass is 31.3. The van der Waals surface area contributed by atoms with E-state index in [0.29, 0.717) is 22.6 Å². The smallest absolute Gasteiger partial charge is 0.478 e. The maximum atomic E-state index is 14.1. The number of fused-ring (bicyclic) bond motifs is 4. The SMILES string of the molecule is C=c1c(CCCC)cc2c(c1CCCC)Oc1c(cc3c4c1CCCN4CCC3)C=2c1cc(C(=O)NCC#Cc2ccc(COc3nc(N)nc4c3ncn4[C@H]3C[C@@H](O)[C@@H](COP(=O)(O)OP(=O)(O)OP(=O)(O)O)O3)c([N+](=O)[O-])c2)ccc1C(=O)O. The van der Waals surface area contributed by atoms with E-state index in [2.05, 4.69) is 82.7 Å². The molecule has 1 saturated heterocycles. The number of anilines is 2. The molecule has 0 aliphatic carbocycles. The predicted molar refractivity (Wildman–Crippen MR) is 310 cm³/mol. The second kappa shape index (κ2) is 25.1. The minimum Gasteiger partial charge on any atom is -0.478 e. The average Bonchev–Trinajstić information content (AvgIpc) is 0.891. The van der Waals surface area contributed by atoms with Crippen molar-refractivity contribution in [2.75, 3.05) is 36.9 Å². The van der Waals surface area contributed by atoms with Crippen molar-refractivity contribution in [3.05, 3.63) is 131 Å². The van der Waals surface area contributed by atoms with Crippen molar-refractivity contribution >= 4 is 76.0 Å². The number of aromatic nitrogens is 4. The topological polar surface area (TPSA) is 390 Å². The number of aromatic carboxylic acids is 1. The zero-order chi connectivity index (χ0) is 61.4. The molecule has 6 aromatic rings. The van der Waals surface area contributed by atoms with Gasteiger partial charge in [0.25, 0.3) is 11.6 Å². The van der Waals surface area contributed by atoms with Crippen molar-refractivity contribution in [3.63, 3.8) is 0 Å². The van der Waals surface area contributed by atoms with E-state index in [1.165, 1.54) is 52.5 Å². The number of carboxylic acids is 1. The van der Waals surface area contributed by atoms with Gasteiger partial charge in [0.05, 0.1) is 41.6 Å². The molecule has 4 aromatic carbocycles. The van der Waals surface area contributed by atoms with Crippen LogP contribution in [0.3, 0.4) is 0 Å². The van der Waals surface area contributed by atoms with Gasteiger partial charge in [-0.3, -0.25) is 24.0 Å². The normalized spacial score (nSPS) is 18.4. The van der Waals surface area contributed by atoms with Gasteiger partial charge >= 0.3 is 29.4 Å². The number of nitrogens with one attached hydrogen (secondary N) is 1. The summed E-state index contributed by atoms with van der Waals surface area (Å²) in [5.41, 5.74) is 13.6. The Hall–Kier alpha value is -7.40. The van der Waals surface area contributed by atoms with Gasteiger partial charge in [-0.15, -0.1) is 0 Å². The van der Waals surface area contributed by atoms with Crippen molar-refractivity contribution in [1.29, 1.82) is 0 Å². The van der Waals surface area contributed by atoms with E-state index >= 15 is 0 Å². The number of nitrogens with two attached hydrogens (primary N) is 1. The number of carboxylic acid groups (broad SMARTS) is 1. The number of hydrogen-bond acceptors (Lipinski definition) is 19. The summed E-state index contributed by atoms with van der Waals surface area (Å²) in [7, 11) is -17.0. The summed E-state index contributed by atoms with van der Waals surface area (Å²) < 4.78 is 67.1. The molecule has 0 radical (unpaired) electrons. The first kappa shape index (κ1) is 61.7. The number of aliphatic hydroxyl groups excluding tert-OH is 1. The number of phosphoric acid groups is 3. The lowest BCUT2D eigenvalue weighted by molar-refractivity contribution is -0.385. The fourth-order valence-electron chi connectivity index (χ4n) is 11.3. The second-order valence-corrected chi connectivity index (χ2v) is 25.4. The van der Waals surface area contributed by atoms with Crippen LogP contribution in [-0.2, 0) is 63.9 Å². The summed E-state index contributed by atoms with van der Waals surface area (Å²) in [5.74, 6) is 4.88. The van der Waals surface area contributed by atoms with Gasteiger partial charge in [-0.25, -0.2) is 23.5 Å². The number of amides is 1. The lowest BCUT2D eigenvalue weighted by Crippen LogP contribution is -2.35. The number of phosphoric ester groups is 1. The van der Waals surface area contributed by atoms with E-state index < -0.39 is 71.9 Å². The number of nitrogens with zero attached hydrogens (tertiary/aromatic N) is 6. The minimum absolute atomic E-state index is 0.00740. The van der Waals surface area contributed by atoms with Crippen LogP contribution in [0.15, 0.2) is 54.9 Å². The number of nitrogen functional groups attached to an aromatic ring is 1. The highest BCUT2D eigenvalue weighted by Gasteiger charge is 2.43. The Balaban J connectivity index is 0.865. The maximum Gasteiger partial charge on any atom is 0.490 e. The van der Waals surface area contributed by atoms with Gasteiger partial charge in [0.1, 0.15) is 30.4 Å². The fraction of sp³-hybridized carbons (Fsp3) is 0.375. The number of ether oxygens (including phenoxy) is 3. The Labute approximate surface area is 491 Å². The van der Waals surface area contributed by atoms with Crippen molar-refractivity contribution < 1.29 is 85.3 Å². The first-order valence-electron chi connectivity index (χ1n) is 27.6. The molecule has 1 fully saturated rings. The molecule has 2 aromatic heterocycles. The third-order valence-electron chi connectivity index (χ3n) is 15.1. The Morgan fingerprint density at radius 2 is 1.70 bits per heavy atom. The summed E-state index contributed by atoms with van der Waals surface area (Å²) >= 11 is 0. The quantitative estimate of drug-likeness (QED) is 0.0155. The predicted octanol–water partition coefficient (Wildman–Crippen LogP) is 6.51. The summed E-state index contributed by atoms with van der Waals surface area (Å²) in [4.78, 5) is 91.0. The number of aliphatic hydroxyl groups is 1. The molecule has 454 valence electrons. The van der Waals surface area contributed by atoms with Crippen molar-refractivity contribution in [2.24, 2.45) is 0 Å². The zero-order valence-corrected chi connectivity index (χ0v) is 49.2. The molecule has 0 saturated carbocycles. The number of aryl methyl sites for hydroxylation is 2. The standard InChI is InChI=1S/C56H61N8O19P3/c1-4-6-12-33-24-41-47(42-25-34-13-9-21-62-22-10-15-39(49(34)62)51(42)81-50(41)37(31(33)3)14-7-5-2)40-26-35(18-19-38(40)55(67)68)53(66)58-20-8-11-32-16-17-36(43(23-32)64(69)70)28-78-54-48-52(60-56(57)61-54)63(30-59-48)46-27-44(65)45(80-46)29-79-85(74,75)83-86(76,77)82-84(71,72)73/h16-19,23-26,30,44-46,65H,3-7,9-10,12-15,20-22,27-29H2,1-2H3,(H,58,66)(H,67,68)(H,74,75)(H,76,77)(H2,57,60,61)(H2,71,72,73)/t44-,45-,46-/m1/s1. The molecule has 6 heterocycles. The molecule has 4 aliphatic rings. The van der Waals surface area contributed by atoms with Crippen LogP contribution in [0.4, 0.5) is 17.3 Å². The van der Waals surface area contributed by atoms with Crippen LogP contribution in [-0.4, -0.2) is 105 Å². The molecule has 5 atom stereocenters. The minimum atomic E-state index is -5.80. The average molecular weight is 1240 g/mol. The van der Waals surface area contributed by atoms with Crippen LogP contribution >= 0.6 is 23.5 Å². The van der Waals surface area contributed by atoms with E-state index in [0.717, 1.165) is 110 Å². The number of unbranched alkanes of at least 4 members (excludes halogenated alkanes) is 2. The van der Waals surface area contributed by atoms with Crippen LogP contribution < -0.4 is 35.9 Å². The first-order chi connectivity index (χ1) is 40.9. The molecule has 27 nitrogen and oxygen atoms in total. The van der Waals surface area contributed by atoms with Crippen LogP contribution in [0.5, 0.6) is 17.4 Å². The number of carbonyl (C=O) groups excluding carboxylic acids is 1. The molecular formula is C56H61N8O19P3. The Morgan fingerprint density at radius 1 is 0.942 bits per heavy atom. The van der Waals surface area contributed by atoms with Gasteiger partial charge in [-0.05, 0) is 116 Å². The van der Waals surface area contributed by atoms with Crippen molar-refractivity contribution in [1.82, 2.24) is 24.8 Å². The second-order valence-electron chi connectivity index (χ2n) is 21.0. The van der Waals surface area contributed by atoms with Crippen LogP contribution in [0.25, 0.3) is 23.3 Å². The molecule has 9 N–H and O–H groups in total. The molecule has 0 bridgehead atoms. The van der Waals surface area contributed by atoms with Gasteiger partial charge in [0, 0.05) is 69.9 Å². The largest absolute Gasteiger partial charge is 0.490 e. The number of carbonyl (C=O) groups is 2. The summed E-state index contributed by atoms with van der Waals surface area (Å²) in [6, 6.07) is 13.0. The van der Waals surface area contributed by atoms with Crippen LogP contribution in [0.1, 0.15) is 130 Å². The maximum absolute atomic E-state index is 14.1. The van der Waals surface area contributed by atoms with Crippen LogP contribution in [0.2, 0.25) is 0 Å². The third-order valence-corrected chi connectivity index (χ3v) is 18.9. The van der Waals surface area contributed by atoms with E-state index in [1.54, 1.807) is 6.07 Å². The lowest BCUT2D eigenvalue weighted by atomic mass is 9.81. The summed E-state index contributed by atoms with van der Waals surface area (Å²) in [6.07, 6.45) is 5.98. The molecule has 4 aliphatic heterocycles. The van der Waals surface area contributed by atoms with Gasteiger partial charge in [0.15, 0.2) is 11.2 Å². The van der Waals surface area contributed by atoms with Crippen LogP contribution in [0, 0.1) is 22.0 Å².